The molecule has 0 N–H and O–H groups in total. The lowest BCUT2D eigenvalue weighted by atomic mass is 9.90. The van der Waals surface area contributed by atoms with Crippen LogP contribution < -0.4 is 0 Å². The molecule has 0 amide bonds. The van der Waals surface area contributed by atoms with Crippen molar-refractivity contribution in [2.24, 2.45) is 0 Å². The molecule has 1 aliphatic rings. The first-order valence-corrected chi connectivity index (χ1v) is 19.5. The van der Waals surface area contributed by atoms with Gasteiger partial charge < -0.3 is 0 Å². The summed E-state index contributed by atoms with van der Waals surface area (Å²) in [7, 11) is 0. The van der Waals surface area contributed by atoms with Gasteiger partial charge in [-0.1, -0.05) is 140 Å². The fourth-order valence-electron chi connectivity index (χ4n) is 9.27. The minimum atomic E-state index is 0.825. The summed E-state index contributed by atoms with van der Waals surface area (Å²) in [5, 5.41) is 8.43. The first kappa shape index (κ1) is 30.6. The Morgan fingerprint density at radius 3 is 2.16 bits per heavy atom. The molecule has 0 spiro atoms. The predicted molar refractivity (Wildman–Crippen MR) is 234 cm³/mol. The van der Waals surface area contributed by atoms with Crippen LogP contribution >= 0.6 is 11.3 Å². The second-order valence-corrected chi connectivity index (χ2v) is 15.6. The van der Waals surface area contributed by atoms with E-state index in [2.05, 4.69) is 170 Å². The van der Waals surface area contributed by atoms with E-state index < -0.39 is 0 Å². The number of benzene rings is 8. The molecule has 8 aromatic carbocycles. The highest BCUT2D eigenvalue weighted by molar-refractivity contribution is 7.26. The van der Waals surface area contributed by atoms with Crippen LogP contribution in [0.4, 0.5) is 0 Å². The first-order chi connectivity index (χ1) is 27.2. The molecule has 0 fully saturated rings. The van der Waals surface area contributed by atoms with Crippen molar-refractivity contribution in [3.05, 3.63) is 169 Å². The van der Waals surface area contributed by atoms with E-state index >= 15 is 0 Å². The van der Waals surface area contributed by atoms with Crippen molar-refractivity contribution in [3.8, 4) is 50.5 Å². The lowest BCUT2D eigenvalue weighted by Crippen LogP contribution is -2.06. The van der Waals surface area contributed by atoms with Gasteiger partial charge in [0.05, 0.1) is 16.6 Å². The van der Waals surface area contributed by atoms with Gasteiger partial charge in [0.25, 0.3) is 0 Å². The Balaban J connectivity index is 1.32. The van der Waals surface area contributed by atoms with Crippen molar-refractivity contribution in [3.63, 3.8) is 0 Å². The molecule has 0 radical (unpaired) electrons. The minimum Gasteiger partial charge on any atom is -0.296 e. The Bertz CT molecular complexity index is 3470. The normalized spacial score (nSPS) is 12.2. The topological polar surface area (TPSA) is 30.7 Å². The van der Waals surface area contributed by atoms with Crippen LogP contribution in [-0.4, -0.2) is 14.5 Å². The van der Waals surface area contributed by atoms with E-state index in [1.807, 2.05) is 17.4 Å². The molecule has 1 aliphatic carbocycles. The third-order valence-corrected chi connectivity index (χ3v) is 12.8. The molecule has 0 unspecified atom stereocenters. The molecular formula is C51H31N3S. The summed E-state index contributed by atoms with van der Waals surface area (Å²) in [6.07, 6.45) is 2.01. The zero-order chi connectivity index (χ0) is 36.4. The van der Waals surface area contributed by atoms with E-state index in [9.17, 15) is 0 Å². The lowest BCUT2D eigenvalue weighted by Gasteiger charge is -2.18. The summed E-state index contributed by atoms with van der Waals surface area (Å²) in [4.78, 5) is 11.2. The second kappa shape index (κ2) is 11.3. The molecular weight excluding hydrogens is 687 g/mol. The lowest BCUT2D eigenvalue weighted by molar-refractivity contribution is 0.998. The molecule has 256 valence electrons. The fourth-order valence-corrected chi connectivity index (χ4v) is 10.4. The smallest absolute Gasteiger partial charge is 0.164 e. The van der Waals surface area contributed by atoms with Gasteiger partial charge in [0.15, 0.2) is 5.82 Å². The number of fused-ring (bicyclic) bond motifs is 13. The quantitative estimate of drug-likeness (QED) is 0.170. The number of thiophene rings is 1. The Labute approximate surface area is 321 Å². The average Bonchev–Trinajstić information content (AvgIpc) is 3.70. The molecule has 0 saturated heterocycles. The van der Waals surface area contributed by atoms with Gasteiger partial charge in [0, 0.05) is 53.3 Å². The van der Waals surface area contributed by atoms with Gasteiger partial charge in [-0.3, -0.25) is 4.57 Å². The molecule has 0 aliphatic heterocycles. The standard InChI is InChI=1S/C51H31N3S/c1-3-30-16-12-21-37-36-18-8-9-19-38(36)47-46-39-20-10-11-22-42(39)55-43(46)28-41-48(47)44(45(30)37)29(2)54(41)51-49(34-24-23-31-13-4-5-15-33(31)27-34)52-40-26-25-32-14-6-7-17-35(32)50(40)53-51/h3-28H,1H2,2H3. The van der Waals surface area contributed by atoms with E-state index in [-0.39, 0.29) is 0 Å². The van der Waals surface area contributed by atoms with Crippen molar-refractivity contribution < 1.29 is 0 Å². The van der Waals surface area contributed by atoms with Gasteiger partial charge in [0.2, 0.25) is 0 Å². The second-order valence-electron chi connectivity index (χ2n) is 14.5. The van der Waals surface area contributed by atoms with E-state index in [1.165, 1.54) is 69.7 Å². The minimum absolute atomic E-state index is 0.825. The molecule has 3 nitrogen and oxygen atoms in total. The highest BCUT2D eigenvalue weighted by Gasteiger charge is 2.32. The SMILES string of the molecule is C=Cc1cccc2c1-c1c(C)n(-c3nc4c(ccc5ccccc54)nc3-c3ccc4ccccc4c3)c3cc4sc5ccccc5c4c(c13)-c1ccccc1-2. The van der Waals surface area contributed by atoms with Gasteiger partial charge in [-0.2, -0.15) is 0 Å². The van der Waals surface area contributed by atoms with E-state index in [0.717, 1.165) is 55.7 Å². The van der Waals surface area contributed by atoms with Gasteiger partial charge in [0.1, 0.15) is 5.69 Å². The van der Waals surface area contributed by atoms with Crippen LogP contribution in [0.5, 0.6) is 0 Å². The summed E-state index contributed by atoms with van der Waals surface area (Å²) in [6, 6.07) is 54.8. The molecule has 12 rings (SSSR count). The number of aromatic nitrogens is 3. The maximum Gasteiger partial charge on any atom is 0.164 e. The largest absolute Gasteiger partial charge is 0.296 e. The molecule has 4 heteroatoms. The third kappa shape index (κ3) is 4.20. The van der Waals surface area contributed by atoms with Crippen LogP contribution in [0.15, 0.2) is 158 Å². The van der Waals surface area contributed by atoms with E-state index in [1.54, 1.807) is 0 Å². The first-order valence-electron chi connectivity index (χ1n) is 18.7. The molecule has 3 aromatic heterocycles. The highest BCUT2D eigenvalue weighted by atomic mass is 32.1. The van der Waals surface area contributed by atoms with Crippen molar-refractivity contribution in [2.75, 3.05) is 0 Å². The van der Waals surface area contributed by atoms with Crippen LogP contribution in [0.3, 0.4) is 0 Å². The van der Waals surface area contributed by atoms with Crippen LogP contribution in [0.25, 0.3) is 120 Å². The monoisotopic (exact) mass is 717 g/mol. The van der Waals surface area contributed by atoms with Crippen LogP contribution in [0.2, 0.25) is 0 Å². The Morgan fingerprint density at radius 2 is 1.29 bits per heavy atom. The molecule has 3 heterocycles. The Hall–Kier alpha value is -6.88. The summed E-state index contributed by atoms with van der Waals surface area (Å²) >= 11 is 1.86. The summed E-state index contributed by atoms with van der Waals surface area (Å²) in [5.41, 5.74) is 14.4. The maximum atomic E-state index is 5.71. The van der Waals surface area contributed by atoms with Crippen molar-refractivity contribution >= 4 is 81.1 Å². The summed E-state index contributed by atoms with van der Waals surface area (Å²) in [6.45, 7) is 6.60. The number of hydrogen-bond acceptors (Lipinski definition) is 3. The molecule has 11 aromatic rings. The van der Waals surface area contributed by atoms with Gasteiger partial charge in [-0.05, 0) is 75.2 Å². The predicted octanol–water partition coefficient (Wildman–Crippen LogP) is 14.2. The third-order valence-electron chi connectivity index (χ3n) is 11.7. The van der Waals surface area contributed by atoms with Crippen LogP contribution in [0, 0.1) is 6.92 Å². The Kier molecular flexibility index (Phi) is 6.29. The van der Waals surface area contributed by atoms with Gasteiger partial charge in [-0.15, -0.1) is 11.3 Å². The van der Waals surface area contributed by atoms with Crippen molar-refractivity contribution in [2.45, 2.75) is 6.92 Å². The number of hydrogen-bond donors (Lipinski definition) is 0. The number of rotatable bonds is 3. The highest BCUT2D eigenvalue weighted by Crippen LogP contribution is 2.56. The Morgan fingerprint density at radius 1 is 0.564 bits per heavy atom. The fraction of sp³-hybridized carbons (Fsp3) is 0.0196. The van der Waals surface area contributed by atoms with Crippen molar-refractivity contribution in [1.82, 2.24) is 14.5 Å². The van der Waals surface area contributed by atoms with Gasteiger partial charge in [-0.25, -0.2) is 9.97 Å². The van der Waals surface area contributed by atoms with Crippen LogP contribution in [0.1, 0.15) is 11.3 Å². The molecule has 55 heavy (non-hydrogen) atoms. The number of nitrogens with zero attached hydrogens (tertiary/aromatic N) is 3. The van der Waals surface area contributed by atoms with E-state index in [0.29, 0.717) is 0 Å². The zero-order valence-corrected chi connectivity index (χ0v) is 30.8. The van der Waals surface area contributed by atoms with Gasteiger partial charge >= 0.3 is 0 Å². The summed E-state index contributed by atoms with van der Waals surface area (Å²) in [5.74, 6) is 0.825. The maximum absolute atomic E-state index is 5.71. The molecule has 0 bridgehead atoms. The summed E-state index contributed by atoms with van der Waals surface area (Å²) < 4.78 is 4.95. The van der Waals surface area contributed by atoms with E-state index in [4.69, 9.17) is 9.97 Å². The van der Waals surface area contributed by atoms with Crippen LogP contribution in [-0.2, 0) is 0 Å². The average molecular weight is 718 g/mol. The van der Waals surface area contributed by atoms with Crippen molar-refractivity contribution in [1.29, 1.82) is 0 Å². The zero-order valence-electron chi connectivity index (χ0n) is 30.0. The molecule has 0 atom stereocenters. The molecule has 0 saturated carbocycles.